The number of hydrogen-bond acceptors (Lipinski definition) is 3. The average Bonchev–Trinajstić information content (AvgIpc) is 2.97. The van der Waals surface area contributed by atoms with Gasteiger partial charge in [-0.1, -0.05) is 6.92 Å². The molecule has 0 heterocycles. The Morgan fingerprint density at radius 3 is 2.62 bits per heavy atom. The first-order valence-electron chi connectivity index (χ1n) is 5.35. The summed E-state index contributed by atoms with van der Waals surface area (Å²) in [7, 11) is 0. The van der Waals surface area contributed by atoms with Gasteiger partial charge in [0.1, 0.15) is 0 Å². The van der Waals surface area contributed by atoms with Crippen LogP contribution in [-0.2, 0) is 0 Å². The van der Waals surface area contributed by atoms with E-state index < -0.39 is 0 Å². The highest BCUT2D eigenvalue weighted by Gasteiger charge is 2.42. The molecule has 0 aromatic heterocycles. The van der Waals surface area contributed by atoms with Crippen molar-refractivity contribution >= 4 is 0 Å². The van der Waals surface area contributed by atoms with Crippen molar-refractivity contribution in [3.05, 3.63) is 0 Å². The van der Waals surface area contributed by atoms with Crippen LogP contribution >= 0.6 is 0 Å². The molecule has 13 heavy (non-hydrogen) atoms. The van der Waals surface area contributed by atoms with Crippen molar-refractivity contribution < 1.29 is 5.11 Å². The zero-order valence-corrected chi connectivity index (χ0v) is 8.55. The van der Waals surface area contributed by atoms with E-state index >= 15 is 0 Å². The smallest absolute Gasteiger partial charge is 0.0443 e. The van der Waals surface area contributed by atoms with Crippen LogP contribution in [0.25, 0.3) is 0 Å². The normalized spacial score (nSPS) is 21.5. The molecule has 0 saturated heterocycles. The molecule has 0 aliphatic heterocycles. The number of hydrogen-bond donors (Lipinski definition) is 3. The molecule has 0 bridgehead atoms. The fourth-order valence-electron chi connectivity index (χ4n) is 1.99. The minimum absolute atomic E-state index is 0.162. The van der Waals surface area contributed by atoms with Crippen molar-refractivity contribution in [1.29, 1.82) is 0 Å². The maximum atomic E-state index is 8.69. The van der Waals surface area contributed by atoms with Crippen molar-refractivity contribution in [1.82, 2.24) is 5.32 Å². The predicted molar refractivity (Wildman–Crippen MR) is 54.5 cm³/mol. The van der Waals surface area contributed by atoms with Gasteiger partial charge in [0, 0.05) is 18.7 Å². The number of nitrogens with one attached hydrogen (secondary N) is 1. The molecule has 1 aliphatic carbocycles. The average molecular weight is 186 g/mol. The van der Waals surface area contributed by atoms with E-state index in [1.807, 2.05) is 0 Å². The molecule has 1 aliphatic rings. The predicted octanol–water partition coefficient (Wildman–Crippen LogP) is 0.476. The minimum atomic E-state index is 0.162. The Kier molecular flexibility index (Phi) is 4.16. The number of nitrogens with two attached hydrogens (primary N) is 1. The first-order chi connectivity index (χ1) is 6.29. The van der Waals surface area contributed by atoms with Crippen LogP contribution in [0, 0.1) is 5.92 Å². The van der Waals surface area contributed by atoms with E-state index in [2.05, 4.69) is 12.2 Å². The molecule has 1 fully saturated rings. The van der Waals surface area contributed by atoms with Crippen LogP contribution in [0.15, 0.2) is 0 Å². The van der Waals surface area contributed by atoms with Gasteiger partial charge in [0.25, 0.3) is 0 Å². The lowest BCUT2D eigenvalue weighted by atomic mass is 9.90. The first kappa shape index (κ1) is 11.0. The molecule has 0 aromatic rings. The zero-order chi connectivity index (χ0) is 9.73. The van der Waals surface area contributed by atoms with Gasteiger partial charge < -0.3 is 16.2 Å². The summed E-state index contributed by atoms with van der Waals surface area (Å²) in [5.41, 5.74) is 5.98. The highest BCUT2D eigenvalue weighted by atomic mass is 16.3. The third-order valence-electron chi connectivity index (χ3n) is 3.17. The standard InChI is InChI=1S/C10H22N2O/c1-2-10(8-11,9-4-5-9)12-6-3-7-13/h9,12-13H,2-8,11H2,1H3. The minimum Gasteiger partial charge on any atom is -0.396 e. The van der Waals surface area contributed by atoms with E-state index in [0.717, 1.165) is 31.8 Å². The number of aliphatic hydroxyl groups excluding tert-OH is 1. The van der Waals surface area contributed by atoms with Gasteiger partial charge in [-0.15, -0.1) is 0 Å². The molecule has 1 atom stereocenters. The fourth-order valence-corrected chi connectivity index (χ4v) is 1.99. The summed E-state index contributed by atoms with van der Waals surface area (Å²) in [5.74, 6) is 0.779. The summed E-state index contributed by atoms with van der Waals surface area (Å²) in [4.78, 5) is 0. The maximum Gasteiger partial charge on any atom is 0.0443 e. The second-order valence-corrected chi connectivity index (χ2v) is 3.99. The maximum absolute atomic E-state index is 8.69. The molecule has 1 rings (SSSR count). The SMILES string of the molecule is CCC(CN)(NCCCO)C1CC1. The summed E-state index contributed by atoms with van der Waals surface area (Å²) in [6.45, 7) is 4.07. The van der Waals surface area contributed by atoms with Gasteiger partial charge in [-0.05, 0) is 38.1 Å². The van der Waals surface area contributed by atoms with E-state index in [4.69, 9.17) is 10.8 Å². The second-order valence-electron chi connectivity index (χ2n) is 3.99. The molecule has 4 N–H and O–H groups in total. The van der Waals surface area contributed by atoms with Gasteiger partial charge in [-0.3, -0.25) is 0 Å². The molecule has 0 radical (unpaired) electrons. The quantitative estimate of drug-likeness (QED) is 0.507. The van der Waals surface area contributed by atoms with Crippen LogP contribution in [0.1, 0.15) is 32.6 Å². The summed E-state index contributed by atoms with van der Waals surface area (Å²) >= 11 is 0. The van der Waals surface area contributed by atoms with Crippen molar-refractivity contribution in [3.8, 4) is 0 Å². The zero-order valence-electron chi connectivity index (χ0n) is 8.55. The topological polar surface area (TPSA) is 58.3 Å². The van der Waals surface area contributed by atoms with Gasteiger partial charge in [0.05, 0.1) is 0 Å². The van der Waals surface area contributed by atoms with Crippen LogP contribution < -0.4 is 11.1 Å². The number of rotatable bonds is 7. The van der Waals surface area contributed by atoms with Crippen molar-refractivity contribution in [2.45, 2.75) is 38.1 Å². The highest BCUT2D eigenvalue weighted by molar-refractivity contribution is 5.00. The Morgan fingerprint density at radius 1 is 1.54 bits per heavy atom. The molecule has 0 amide bonds. The monoisotopic (exact) mass is 186 g/mol. The van der Waals surface area contributed by atoms with Gasteiger partial charge >= 0.3 is 0 Å². The molecule has 0 aromatic carbocycles. The molecule has 78 valence electrons. The largest absolute Gasteiger partial charge is 0.396 e. The molecule has 0 spiro atoms. The number of aliphatic hydroxyl groups is 1. The molecular weight excluding hydrogens is 164 g/mol. The lowest BCUT2D eigenvalue weighted by molar-refractivity contribution is 0.247. The van der Waals surface area contributed by atoms with Crippen LogP contribution in [0.3, 0.4) is 0 Å². The van der Waals surface area contributed by atoms with Crippen LogP contribution in [-0.4, -0.2) is 30.3 Å². The van der Waals surface area contributed by atoms with Crippen molar-refractivity contribution in [3.63, 3.8) is 0 Å². The molecule has 1 unspecified atom stereocenters. The first-order valence-corrected chi connectivity index (χ1v) is 5.35. The van der Waals surface area contributed by atoms with Crippen LogP contribution in [0.4, 0.5) is 0 Å². The van der Waals surface area contributed by atoms with Gasteiger partial charge in [0.2, 0.25) is 0 Å². The van der Waals surface area contributed by atoms with Gasteiger partial charge in [-0.2, -0.15) is 0 Å². The Morgan fingerprint density at radius 2 is 2.23 bits per heavy atom. The Hall–Kier alpha value is -0.120. The van der Waals surface area contributed by atoms with Crippen LogP contribution in [0.2, 0.25) is 0 Å². The Bertz CT molecular complexity index is 142. The Labute approximate surface area is 80.7 Å². The van der Waals surface area contributed by atoms with Gasteiger partial charge in [0.15, 0.2) is 0 Å². The van der Waals surface area contributed by atoms with Crippen molar-refractivity contribution in [2.75, 3.05) is 19.7 Å². The third-order valence-corrected chi connectivity index (χ3v) is 3.17. The summed E-state index contributed by atoms with van der Waals surface area (Å²) in [6.07, 6.45) is 4.56. The van der Waals surface area contributed by atoms with Crippen LogP contribution in [0.5, 0.6) is 0 Å². The molecule has 3 heteroatoms. The van der Waals surface area contributed by atoms with E-state index in [0.29, 0.717) is 0 Å². The van der Waals surface area contributed by atoms with E-state index in [-0.39, 0.29) is 12.1 Å². The molecule has 1 saturated carbocycles. The lowest BCUT2D eigenvalue weighted by Gasteiger charge is -2.33. The summed E-state index contributed by atoms with van der Waals surface area (Å²) in [6, 6.07) is 0. The van der Waals surface area contributed by atoms with E-state index in [9.17, 15) is 0 Å². The summed E-state index contributed by atoms with van der Waals surface area (Å²) in [5, 5.41) is 12.2. The summed E-state index contributed by atoms with van der Waals surface area (Å²) < 4.78 is 0. The molecule has 3 nitrogen and oxygen atoms in total. The fraction of sp³-hybridized carbons (Fsp3) is 1.00. The van der Waals surface area contributed by atoms with E-state index in [1.165, 1.54) is 12.8 Å². The lowest BCUT2D eigenvalue weighted by Crippen LogP contribution is -2.53. The Balaban J connectivity index is 2.35. The van der Waals surface area contributed by atoms with E-state index in [1.54, 1.807) is 0 Å². The van der Waals surface area contributed by atoms with Crippen molar-refractivity contribution in [2.24, 2.45) is 11.7 Å². The molecular formula is C10H22N2O. The second kappa shape index (κ2) is 4.94. The highest BCUT2D eigenvalue weighted by Crippen LogP contribution is 2.40. The van der Waals surface area contributed by atoms with Gasteiger partial charge in [-0.25, -0.2) is 0 Å². The third kappa shape index (κ3) is 2.66.